The standard InChI is InChI=1S/C19H18N2OS/c1-12-7-8-16(9-13(12)2)19(22)21-17-6-4-5-15(10-17)18-11-23-14(3)20-18/h4-11H,1-3H3,(H,21,22). The summed E-state index contributed by atoms with van der Waals surface area (Å²) in [5, 5.41) is 6.02. The summed E-state index contributed by atoms with van der Waals surface area (Å²) in [5.74, 6) is -0.0975. The lowest BCUT2D eigenvalue weighted by atomic mass is 10.1. The SMILES string of the molecule is Cc1nc(-c2cccc(NC(=O)c3ccc(C)c(C)c3)c2)cs1. The predicted octanol–water partition coefficient (Wildman–Crippen LogP) is 4.99. The molecule has 1 aromatic heterocycles. The van der Waals surface area contributed by atoms with Crippen molar-refractivity contribution in [1.29, 1.82) is 0 Å². The van der Waals surface area contributed by atoms with Gasteiger partial charge in [0, 0.05) is 22.2 Å². The Morgan fingerprint density at radius 3 is 2.57 bits per heavy atom. The van der Waals surface area contributed by atoms with E-state index in [1.54, 1.807) is 11.3 Å². The molecule has 0 aliphatic rings. The molecule has 23 heavy (non-hydrogen) atoms. The van der Waals surface area contributed by atoms with Crippen LogP contribution in [0.1, 0.15) is 26.5 Å². The van der Waals surface area contributed by atoms with Crippen LogP contribution < -0.4 is 5.32 Å². The van der Waals surface area contributed by atoms with Crippen LogP contribution in [0.5, 0.6) is 0 Å². The van der Waals surface area contributed by atoms with Gasteiger partial charge >= 0.3 is 0 Å². The maximum absolute atomic E-state index is 12.4. The fourth-order valence-electron chi connectivity index (χ4n) is 2.34. The second-order valence-electron chi connectivity index (χ2n) is 5.59. The van der Waals surface area contributed by atoms with E-state index in [1.165, 1.54) is 5.56 Å². The monoisotopic (exact) mass is 322 g/mol. The van der Waals surface area contributed by atoms with Gasteiger partial charge in [0.2, 0.25) is 0 Å². The van der Waals surface area contributed by atoms with E-state index in [0.717, 1.165) is 27.5 Å². The summed E-state index contributed by atoms with van der Waals surface area (Å²) < 4.78 is 0. The molecule has 0 saturated heterocycles. The molecular weight excluding hydrogens is 304 g/mol. The van der Waals surface area contributed by atoms with E-state index in [-0.39, 0.29) is 5.91 Å². The molecule has 3 aromatic rings. The molecule has 116 valence electrons. The summed E-state index contributed by atoms with van der Waals surface area (Å²) in [6.07, 6.45) is 0. The number of nitrogens with one attached hydrogen (secondary N) is 1. The van der Waals surface area contributed by atoms with Crippen molar-refractivity contribution < 1.29 is 4.79 Å². The van der Waals surface area contributed by atoms with Gasteiger partial charge in [0.25, 0.3) is 5.91 Å². The van der Waals surface area contributed by atoms with Crippen molar-refractivity contribution in [3.8, 4) is 11.3 Å². The molecule has 1 N–H and O–H groups in total. The third kappa shape index (κ3) is 3.48. The average molecular weight is 322 g/mol. The quantitative estimate of drug-likeness (QED) is 0.738. The highest BCUT2D eigenvalue weighted by atomic mass is 32.1. The van der Waals surface area contributed by atoms with Crippen molar-refractivity contribution in [2.45, 2.75) is 20.8 Å². The van der Waals surface area contributed by atoms with E-state index in [2.05, 4.69) is 10.3 Å². The number of hydrogen-bond acceptors (Lipinski definition) is 3. The van der Waals surface area contributed by atoms with Crippen molar-refractivity contribution in [1.82, 2.24) is 4.98 Å². The number of amides is 1. The number of aromatic nitrogens is 1. The Hall–Kier alpha value is -2.46. The van der Waals surface area contributed by atoms with Crippen LogP contribution in [-0.4, -0.2) is 10.9 Å². The Kier molecular flexibility index (Phi) is 4.26. The maximum Gasteiger partial charge on any atom is 0.255 e. The Bertz CT molecular complexity index is 867. The smallest absolute Gasteiger partial charge is 0.255 e. The third-order valence-corrected chi connectivity index (χ3v) is 4.58. The van der Waals surface area contributed by atoms with E-state index in [9.17, 15) is 4.79 Å². The fraction of sp³-hybridized carbons (Fsp3) is 0.158. The van der Waals surface area contributed by atoms with Crippen molar-refractivity contribution in [3.05, 3.63) is 69.5 Å². The number of nitrogens with zero attached hydrogens (tertiary/aromatic N) is 1. The predicted molar refractivity (Wildman–Crippen MR) is 96.2 cm³/mol. The number of carbonyl (C=O) groups is 1. The molecule has 0 radical (unpaired) electrons. The molecule has 2 aromatic carbocycles. The minimum atomic E-state index is -0.0975. The molecular formula is C19H18N2OS. The van der Waals surface area contributed by atoms with E-state index in [0.29, 0.717) is 5.56 Å². The lowest BCUT2D eigenvalue weighted by Crippen LogP contribution is -2.12. The van der Waals surface area contributed by atoms with Crippen LogP contribution in [-0.2, 0) is 0 Å². The second kappa shape index (κ2) is 6.34. The number of aryl methyl sites for hydroxylation is 3. The van der Waals surface area contributed by atoms with Crippen LogP contribution in [0.3, 0.4) is 0 Å². The minimum Gasteiger partial charge on any atom is -0.322 e. The second-order valence-corrected chi connectivity index (χ2v) is 6.65. The van der Waals surface area contributed by atoms with Gasteiger partial charge in [-0.3, -0.25) is 4.79 Å². The summed E-state index contributed by atoms with van der Waals surface area (Å²) in [6, 6.07) is 13.5. The number of benzene rings is 2. The van der Waals surface area contributed by atoms with Gasteiger partial charge in [0.15, 0.2) is 0 Å². The summed E-state index contributed by atoms with van der Waals surface area (Å²) >= 11 is 1.62. The van der Waals surface area contributed by atoms with Crippen LogP contribution in [0.2, 0.25) is 0 Å². The Balaban J connectivity index is 1.82. The van der Waals surface area contributed by atoms with Crippen LogP contribution in [0.25, 0.3) is 11.3 Å². The van der Waals surface area contributed by atoms with Gasteiger partial charge in [-0.25, -0.2) is 4.98 Å². The Morgan fingerprint density at radius 2 is 1.87 bits per heavy atom. The Morgan fingerprint density at radius 1 is 1.04 bits per heavy atom. The number of thiazole rings is 1. The van der Waals surface area contributed by atoms with Gasteiger partial charge in [0.1, 0.15) is 0 Å². The zero-order valence-electron chi connectivity index (χ0n) is 13.4. The first-order chi connectivity index (χ1) is 11.0. The van der Waals surface area contributed by atoms with Crippen molar-refractivity contribution in [2.24, 2.45) is 0 Å². The van der Waals surface area contributed by atoms with Crippen LogP contribution >= 0.6 is 11.3 Å². The molecule has 3 nitrogen and oxygen atoms in total. The lowest BCUT2D eigenvalue weighted by molar-refractivity contribution is 0.102. The van der Waals surface area contributed by atoms with Crippen molar-refractivity contribution >= 4 is 22.9 Å². The number of carbonyl (C=O) groups excluding carboxylic acids is 1. The van der Waals surface area contributed by atoms with Gasteiger partial charge in [-0.05, 0) is 56.2 Å². The highest BCUT2D eigenvalue weighted by Crippen LogP contribution is 2.24. The summed E-state index contributed by atoms with van der Waals surface area (Å²) in [5.41, 5.74) is 5.69. The molecule has 1 heterocycles. The molecule has 0 saturated carbocycles. The highest BCUT2D eigenvalue weighted by molar-refractivity contribution is 7.09. The molecule has 0 unspecified atom stereocenters. The summed E-state index contributed by atoms with van der Waals surface area (Å²) in [7, 11) is 0. The average Bonchev–Trinajstić information content (AvgIpc) is 2.97. The van der Waals surface area contributed by atoms with Gasteiger partial charge < -0.3 is 5.32 Å². The van der Waals surface area contributed by atoms with E-state index >= 15 is 0 Å². The summed E-state index contributed by atoms with van der Waals surface area (Å²) in [6.45, 7) is 6.03. The van der Waals surface area contributed by atoms with Crippen LogP contribution in [0, 0.1) is 20.8 Å². The van der Waals surface area contributed by atoms with Gasteiger partial charge in [-0.15, -0.1) is 11.3 Å². The molecule has 0 bridgehead atoms. The van der Waals surface area contributed by atoms with Gasteiger partial charge in [-0.2, -0.15) is 0 Å². The zero-order chi connectivity index (χ0) is 16.4. The summed E-state index contributed by atoms with van der Waals surface area (Å²) in [4.78, 5) is 16.9. The molecule has 3 rings (SSSR count). The molecule has 0 aliphatic carbocycles. The first-order valence-corrected chi connectivity index (χ1v) is 8.32. The lowest BCUT2D eigenvalue weighted by Gasteiger charge is -2.08. The molecule has 4 heteroatoms. The third-order valence-electron chi connectivity index (χ3n) is 3.80. The minimum absolute atomic E-state index is 0.0975. The van der Waals surface area contributed by atoms with Crippen LogP contribution in [0.4, 0.5) is 5.69 Å². The normalized spacial score (nSPS) is 10.6. The first-order valence-electron chi connectivity index (χ1n) is 7.44. The Labute approximate surface area is 140 Å². The van der Waals surface area contributed by atoms with Crippen LogP contribution in [0.15, 0.2) is 47.8 Å². The molecule has 1 amide bonds. The topological polar surface area (TPSA) is 42.0 Å². The molecule has 0 fully saturated rings. The number of hydrogen-bond donors (Lipinski definition) is 1. The largest absolute Gasteiger partial charge is 0.322 e. The first kappa shape index (κ1) is 15.4. The number of anilines is 1. The number of rotatable bonds is 3. The van der Waals surface area contributed by atoms with Crippen molar-refractivity contribution in [3.63, 3.8) is 0 Å². The van der Waals surface area contributed by atoms with Gasteiger partial charge in [-0.1, -0.05) is 18.2 Å². The molecule has 0 spiro atoms. The zero-order valence-corrected chi connectivity index (χ0v) is 14.2. The van der Waals surface area contributed by atoms with E-state index < -0.39 is 0 Å². The molecule has 0 aliphatic heterocycles. The highest BCUT2D eigenvalue weighted by Gasteiger charge is 2.09. The van der Waals surface area contributed by atoms with E-state index in [4.69, 9.17) is 0 Å². The van der Waals surface area contributed by atoms with Gasteiger partial charge in [0.05, 0.1) is 10.7 Å². The fourth-order valence-corrected chi connectivity index (χ4v) is 2.96. The van der Waals surface area contributed by atoms with Crippen molar-refractivity contribution in [2.75, 3.05) is 5.32 Å². The van der Waals surface area contributed by atoms with E-state index in [1.807, 2.05) is 68.6 Å². The maximum atomic E-state index is 12.4. The molecule has 0 atom stereocenters.